The Bertz CT molecular complexity index is 820. The number of hydrogen-bond donors (Lipinski definition) is 2. The molecule has 0 saturated carbocycles. The van der Waals surface area contributed by atoms with Gasteiger partial charge in [0.2, 0.25) is 5.91 Å². The lowest BCUT2D eigenvalue weighted by molar-refractivity contribution is -0.129. The number of halogens is 1. The minimum absolute atomic E-state index is 0. The zero-order chi connectivity index (χ0) is 21.2. The summed E-state index contributed by atoms with van der Waals surface area (Å²) < 4.78 is 0. The number of carbonyl (C=O) groups is 1. The summed E-state index contributed by atoms with van der Waals surface area (Å²) in [5.41, 5.74) is 1.22. The fraction of sp³-hybridized carbons (Fsp3) is 0.500. The number of thiazole rings is 1. The molecule has 170 valence electrons. The molecule has 2 aromatic rings. The molecule has 1 saturated heterocycles. The van der Waals surface area contributed by atoms with Crippen LogP contribution >= 0.6 is 35.3 Å². The second kappa shape index (κ2) is 13.5. The molecule has 1 aliphatic rings. The Labute approximate surface area is 206 Å². The van der Waals surface area contributed by atoms with Crippen molar-refractivity contribution in [2.24, 2.45) is 4.99 Å². The van der Waals surface area contributed by atoms with Gasteiger partial charge in [-0.3, -0.25) is 4.79 Å². The number of carbonyl (C=O) groups excluding carboxylic acids is 1. The number of nitrogens with one attached hydrogen (secondary N) is 2. The van der Waals surface area contributed by atoms with Gasteiger partial charge >= 0.3 is 0 Å². The van der Waals surface area contributed by atoms with Crippen molar-refractivity contribution in [2.75, 3.05) is 50.7 Å². The molecule has 0 unspecified atom stereocenters. The minimum Gasteiger partial charge on any atom is -0.368 e. The van der Waals surface area contributed by atoms with Crippen molar-refractivity contribution in [1.82, 2.24) is 20.5 Å². The lowest BCUT2D eigenvalue weighted by atomic mass is 10.2. The van der Waals surface area contributed by atoms with E-state index >= 15 is 0 Å². The van der Waals surface area contributed by atoms with Crippen LogP contribution in [0, 0.1) is 0 Å². The summed E-state index contributed by atoms with van der Waals surface area (Å²) >= 11 is 1.76. The number of benzene rings is 1. The maximum absolute atomic E-state index is 12.6. The van der Waals surface area contributed by atoms with Crippen LogP contribution in [0.25, 0.3) is 0 Å². The molecule has 1 aromatic carbocycles. The second-order valence-electron chi connectivity index (χ2n) is 7.15. The standard InChI is InChI=1S/C22H32N6OS.HI/c1-3-19-16-25-20(30-19)10-11-24-22(23-4-2)26-17-21(29)28-14-12-27(13-15-28)18-8-6-5-7-9-18;/h5-9,16H,3-4,10-15,17H2,1-2H3,(H2,23,24,26);1H. The minimum atomic E-state index is 0. The summed E-state index contributed by atoms with van der Waals surface area (Å²) in [5.74, 6) is 0.758. The molecular formula is C22H33IN6OS. The first-order valence-corrected chi connectivity index (χ1v) is 11.5. The number of aryl methyl sites for hydroxylation is 1. The quantitative estimate of drug-likeness (QED) is 0.297. The van der Waals surface area contributed by atoms with E-state index in [1.165, 1.54) is 10.6 Å². The van der Waals surface area contributed by atoms with E-state index in [2.05, 4.69) is 44.6 Å². The number of nitrogens with zero attached hydrogens (tertiary/aromatic N) is 4. The molecule has 1 fully saturated rings. The number of para-hydroxylation sites is 1. The van der Waals surface area contributed by atoms with Crippen LogP contribution in [0.1, 0.15) is 23.7 Å². The molecule has 0 atom stereocenters. The van der Waals surface area contributed by atoms with Gasteiger partial charge in [0.15, 0.2) is 5.96 Å². The van der Waals surface area contributed by atoms with Crippen molar-refractivity contribution in [3.63, 3.8) is 0 Å². The van der Waals surface area contributed by atoms with Gasteiger partial charge < -0.3 is 20.4 Å². The molecular weight excluding hydrogens is 523 g/mol. The molecule has 31 heavy (non-hydrogen) atoms. The van der Waals surface area contributed by atoms with E-state index in [1.807, 2.05) is 36.2 Å². The molecule has 0 radical (unpaired) electrons. The van der Waals surface area contributed by atoms with Gasteiger partial charge in [-0.15, -0.1) is 35.3 Å². The van der Waals surface area contributed by atoms with Crippen LogP contribution in [-0.2, 0) is 17.6 Å². The Balaban J connectivity index is 0.00000341. The smallest absolute Gasteiger partial charge is 0.244 e. The van der Waals surface area contributed by atoms with Crippen molar-refractivity contribution in [2.45, 2.75) is 26.7 Å². The summed E-state index contributed by atoms with van der Waals surface area (Å²) in [6.07, 6.45) is 3.83. The van der Waals surface area contributed by atoms with Gasteiger partial charge in [-0.1, -0.05) is 25.1 Å². The molecule has 2 N–H and O–H groups in total. The average molecular weight is 557 g/mol. The van der Waals surface area contributed by atoms with E-state index in [9.17, 15) is 4.79 Å². The van der Waals surface area contributed by atoms with Crippen molar-refractivity contribution in [1.29, 1.82) is 0 Å². The van der Waals surface area contributed by atoms with Crippen molar-refractivity contribution in [3.05, 3.63) is 46.4 Å². The molecule has 3 rings (SSSR count). The monoisotopic (exact) mass is 556 g/mol. The molecule has 1 aromatic heterocycles. The lowest BCUT2D eigenvalue weighted by Gasteiger charge is -2.36. The predicted octanol–water partition coefficient (Wildman–Crippen LogP) is 2.77. The number of rotatable bonds is 8. The fourth-order valence-electron chi connectivity index (χ4n) is 3.36. The first-order chi connectivity index (χ1) is 14.7. The zero-order valence-electron chi connectivity index (χ0n) is 18.3. The van der Waals surface area contributed by atoms with E-state index in [0.29, 0.717) is 5.96 Å². The second-order valence-corrected chi connectivity index (χ2v) is 8.35. The van der Waals surface area contributed by atoms with E-state index in [1.54, 1.807) is 11.3 Å². The number of piperazine rings is 1. The molecule has 0 bridgehead atoms. The zero-order valence-corrected chi connectivity index (χ0v) is 21.5. The molecule has 7 nitrogen and oxygen atoms in total. The Hall–Kier alpha value is -1.88. The topological polar surface area (TPSA) is 72.9 Å². The number of amides is 1. The number of aromatic nitrogens is 1. The van der Waals surface area contributed by atoms with Crippen LogP contribution in [0.4, 0.5) is 5.69 Å². The van der Waals surface area contributed by atoms with Crippen LogP contribution in [0.3, 0.4) is 0 Å². The summed E-state index contributed by atoms with van der Waals surface area (Å²) in [6, 6.07) is 10.4. The SMILES string of the molecule is CCNC(=NCC(=O)N1CCN(c2ccccc2)CC1)NCCc1ncc(CC)s1.I. The molecule has 1 amide bonds. The van der Waals surface area contributed by atoms with Crippen LogP contribution in [0.2, 0.25) is 0 Å². The first-order valence-electron chi connectivity index (χ1n) is 10.7. The van der Waals surface area contributed by atoms with E-state index < -0.39 is 0 Å². The normalized spacial score (nSPS) is 14.2. The Morgan fingerprint density at radius 2 is 1.87 bits per heavy atom. The highest BCUT2D eigenvalue weighted by atomic mass is 127. The van der Waals surface area contributed by atoms with Gasteiger partial charge in [0.25, 0.3) is 0 Å². The van der Waals surface area contributed by atoms with Gasteiger partial charge in [-0.05, 0) is 25.5 Å². The van der Waals surface area contributed by atoms with Crippen LogP contribution in [0.15, 0.2) is 41.5 Å². The third-order valence-corrected chi connectivity index (χ3v) is 6.25. The predicted molar refractivity (Wildman–Crippen MR) is 140 cm³/mol. The maximum atomic E-state index is 12.6. The number of aliphatic imine (C=N–C) groups is 1. The highest BCUT2D eigenvalue weighted by molar-refractivity contribution is 14.0. The summed E-state index contributed by atoms with van der Waals surface area (Å²) in [4.78, 5) is 27.1. The fourth-order valence-corrected chi connectivity index (χ4v) is 4.22. The molecule has 0 aliphatic carbocycles. The van der Waals surface area contributed by atoms with Crippen LogP contribution in [-0.4, -0.2) is 67.6 Å². The van der Waals surface area contributed by atoms with Gasteiger partial charge in [-0.2, -0.15) is 0 Å². The highest BCUT2D eigenvalue weighted by Gasteiger charge is 2.21. The Morgan fingerprint density at radius 1 is 1.13 bits per heavy atom. The number of hydrogen-bond acceptors (Lipinski definition) is 5. The summed E-state index contributed by atoms with van der Waals surface area (Å²) in [7, 11) is 0. The van der Waals surface area contributed by atoms with E-state index in [4.69, 9.17) is 0 Å². The van der Waals surface area contributed by atoms with Gasteiger partial charge in [0.05, 0.1) is 5.01 Å². The number of guanidine groups is 1. The van der Waals surface area contributed by atoms with Gasteiger partial charge in [0, 0.05) is 62.5 Å². The lowest BCUT2D eigenvalue weighted by Crippen LogP contribution is -2.49. The third kappa shape index (κ3) is 7.95. The van der Waals surface area contributed by atoms with Crippen molar-refractivity contribution >= 4 is 52.9 Å². The van der Waals surface area contributed by atoms with Gasteiger partial charge in [-0.25, -0.2) is 9.98 Å². The highest BCUT2D eigenvalue weighted by Crippen LogP contribution is 2.15. The first kappa shape index (κ1) is 25.4. The van der Waals surface area contributed by atoms with Crippen molar-refractivity contribution in [3.8, 4) is 0 Å². The third-order valence-electron chi connectivity index (χ3n) is 5.05. The number of anilines is 1. The van der Waals surface area contributed by atoms with Crippen molar-refractivity contribution < 1.29 is 4.79 Å². The molecule has 0 spiro atoms. The van der Waals surface area contributed by atoms with E-state index in [-0.39, 0.29) is 36.4 Å². The molecule has 1 aliphatic heterocycles. The molecule has 9 heteroatoms. The van der Waals surface area contributed by atoms with Crippen LogP contribution in [0.5, 0.6) is 0 Å². The Kier molecular flexibility index (Phi) is 11.1. The van der Waals surface area contributed by atoms with Gasteiger partial charge in [0.1, 0.15) is 6.54 Å². The maximum Gasteiger partial charge on any atom is 0.244 e. The summed E-state index contributed by atoms with van der Waals surface area (Å²) in [5, 5.41) is 7.65. The average Bonchev–Trinajstić information content (AvgIpc) is 3.26. The van der Waals surface area contributed by atoms with E-state index in [0.717, 1.165) is 57.1 Å². The Morgan fingerprint density at radius 3 is 2.52 bits per heavy atom. The summed E-state index contributed by atoms with van der Waals surface area (Å²) in [6.45, 7) is 9.00. The van der Waals surface area contributed by atoms with Crippen LogP contribution < -0.4 is 15.5 Å². The largest absolute Gasteiger partial charge is 0.368 e. The molecule has 2 heterocycles.